The smallest absolute Gasteiger partial charge is 0.410 e. The molecular weight excluding hydrogens is 224 g/mol. The van der Waals surface area contributed by atoms with Crippen LogP contribution >= 0.6 is 0 Å². The van der Waals surface area contributed by atoms with Crippen LogP contribution in [0.15, 0.2) is 0 Å². The number of hydrogen-bond donors (Lipinski definition) is 2. The zero-order chi connectivity index (χ0) is 13.3. The largest absolute Gasteiger partial charge is 0.481 e. The molecule has 6 heteroatoms. The molecule has 0 spiro atoms. The van der Waals surface area contributed by atoms with Gasteiger partial charge in [0, 0.05) is 13.1 Å². The lowest BCUT2D eigenvalue weighted by Crippen LogP contribution is -2.63. The van der Waals surface area contributed by atoms with Crippen LogP contribution in [0.2, 0.25) is 0 Å². The van der Waals surface area contributed by atoms with Gasteiger partial charge in [0.05, 0.1) is 0 Å². The fraction of sp³-hybridized carbons (Fsp3) is 0.818. The van der Waals surface area contributed by atoms with Crippen LogP contribution in [-0.4, -0.2) is 47.3 Å². The van der Waals surface area contributed by atoms with Crippen molar-refractivity contribution >= 4 is 12.1 Å². The Labute approximate surface area is 101 Å². The summed E-state index contributed by atoms with van der Waals surface area (Å²) in [6.45, 7) is 5.97. The van der Waals surface area contributed by atoms with Crippen LogP contribution in [0.4, 0.5) is 4.79 Å². The number of aliphatic carboxylic acids is 1. The monoisotopic (exact) mass is 244 g/mol. The van der Waals surface area contributed by atoms with Crippen LogP contribution < -0.4 is 5.73 Å². The van der Waals surface area contributed by atoms with Crippen LogP contribution in [0.25, 0.3) is 0 Å². The average molecular weight is 244 g/mol. The quantitative estimate of drug-likeness (QED) is 0.760. The number of nitrogens with zero attached hydrogens (tertiary/aromatic N) is 1. The Morgan fingerprint density at radius 3 is 2.29 bits per heavy atom. The Balaban J connectivity index is 2.54. The number of nitrogens with two attached hydrogens (primary N) is 1. The third-order valence-corrected chi connectivity index (χ3v) is 2.72. The van der Waals surface area contributed by atoms with E-state index >= 15 is 0 Å². The molecule has 6 nitrogen and oxygen atoms in total. The first kappa shape index (κ1) is 13.8. The van der Waals surface area contributed by atoms with Crippen LogP contribution in [-0.2, 0) is 9.53 Å². The van der Waals surface area contributed by atoms with Gasteiger partial charge in [-0.2, -0.15) is 0 Å². The van der Waals surface area contributed by atoms with Gasteiger partial charge in [-0.25, -0.2) is 4.79 Å². The minimum atomic E-state index is -0.900. The summed E-state index contributed by atoms with van der Waals surface area (Å²) in [6.07, 6.45) is -0.0897. The van der Waals surface area contributed by atoms with E-state index in [9.17, 15) is 9.59 Å². The molecule has 0 saturated carbocycles. The third-order valence-electron chi connectivity index (χ3n) is 2.72. The van der Waals surface area contributed by atoms with Gasteiger partial charge in [-0.05, 0) is 33.7 Å². The van der Waals surface area contributed by atoms with Gasteiger partial charge in [-0.15, -0.1) is 0 Å². The molecule has 98 valence electrons. The van der Waals surface area contributed by atoms with E-state index in [1.807, 2.05) is 0 Å². The third kappa shape index (κ3) is 3.09. The van der Waals surface area contributed by atoms with Crippen LogP contribution in [0.5, 0.6) is 0 Å². The zero-order valence-corrected chi connectivity index (χ0v) is 10.5. The first-order chi connectivity index (χ1) is 7.70. The normalized spacial score (nSPS) is 18.5. The summed E-state index contributed by atoms with van der Waals surface area (Å²) in [5.41, 5.74) is 3.94. The number of carbonyl (C=O) groups excluding carboxylic acids is 1. The molecule has 17 heavy (non-hydrogen) atoms. The standard InChI is InChI=1S/C11H20N2O4/c1-10(2,3)17-9(16)13-6-11(7-13,4-5-12)8(14)15/h4-7,12H2,1-3H3,(H,14,15). The molecule has 0 aromatic carbocycles. The van der Waals surface area contributed by atoms with E-state index in [2.05, 4.69) is 0 Å². The summed E-state index contributed by atoms with van der Waals surface area (Å²) in [7, 11) is 0. The number of carbonyl (C=O) groups is 2. The number of hydrogen-bond acceptors (Lipinski definition) is 4. The highest BCUT2D eigenvalue weighted by Crippen LogP contribution is 2.34. The average Bonchev–Trinajstić information content (AvgIpc) is 2.06. The highest BCUT2D eigenvalue weighted by molar-refractivity contribution is 5.80. The first-order valence-electron chi connectivity index (χ1n) is 5.62. The lowest BCUT2D eigenvalue weighted by atomic mass is 9.77. The number of amides is 1. The molecule has 0 aromatic heterocycles. The lowest BCUT2D eigenvalue weighted by Gasteiger charge is -2.46. The Morgan fingerprint density at radius 2 is 1.94 bits per heavy atom. The molecule has 0 unspecified atom stereocenters. The highest BCUT2D eigenvalue weighted by atomic mass is 16.6. The molecule has 0 aromatic rings. The van der Waals surface area contributed by atoms with E-state index in [1.54, 1.807) is 20.8 Å². The van der Waals surface area contributed by atoms with Crippen molar-refractivity contribution in [1.82, 2.24) is 4.90 Å². The summed E-state index contributed by atoms with van der Waals surface area (Å²) in [5.74, 6) is -0.900. The van der Waals surface area contributed by atoms with Crippen molar-refractivity contribution in [1.29, 1.82) is 0 Å². The van der Waals surface area contributed by atoms with Gasteiger partial charge in [0.25, 0.3) is 0 Å². The van der Waals surface area contributed by atoms with E-state index in [0.717, 1.165) is 0 Å². The van der Waals surface area contributed by atoms with Crippen LogP contribution in [0.3, 0.4) is 0 Å². The molecule has 1 heterocycles. The number of ether oxygens (including phenoxy) is 1. The van der Waals surface area contributed by atoms with E-state index in [4.69, 9.17) is 15.6 Å². The first-order valence-corrected chi connectivity index (χ1v) is 5.62. The van der Waals surface area contributed by atoms with Crippen molar-refractivity contribution in [3.63, 3.8) is 0 Å². The second-order valence-corrected chi connectivity index (χ2v) is 5.46. The van der Waals surface area contributed by atoms with E-state index in [0.29, 0.717) is 13.0 Å². The van der Waals surface area contributed by atoms with Crippen LogP contribution in [0, 0.1) is 5.41 Å². The zero-order valence-electron chi connectivity index (χ0n) is 10.5. The molecule has 0 atom stereocenters. The number of carboxylic acid groups (broad SMARTS) is 1. The van der Waals surface area contributed by atoms with Crippen molar-refractivity contribution < 1.29 is 19.4 Å². The van der Waals surface area contributed by atoms with Gasteiger partial charge < -0.3 is 20.5 Å². The molecule has 1 aliphatic rings. The van der Waals surface area contributed by atoms with Crippen molar-refractivity contribution in [2.24, 2.45) is 11.1 Å². The summed E-state index contributed by atoms with van der Waals surface area (Å²) >= 11 is 0. The minimum absolute atomic E-state index is 0.175. The van der Waals surface area contributed by atoms with Crippen molar-refractivity contribution in [3.05, 3.63) is 0 Å². The van der Waals surface area contributed by atoms with Crippen molar-refractivity contribution in [2.75, 3.05) is 19.6 Å². The molecule has 1 saturated heterocycles. The summed E-state index contributed by atoms with van der Waals surface area (Å²) in [6, 6.07) is 0. The summed E-state index contributed by atoms with van der Waals surface area (Å²) in [4.78, 5) is 24.1. The predicted octanol–water partition coefficient (Wildman–Crippen LogP) is 0.657. The van der Waals surface area contributed by atoms with Gasteiger partial charge in [0.15, 0.2) is 0 Å². The number of carboxylic acids is 1. The molecular formula is C11H20N2O4. The molecule has 3 N–H and O–H groups in total. The van der Waals surface area contributed by atoms with Crippen molar-refractivity contribution in [3.8, 4) is 0 Å². The van der Waals surface area contributed by atoms with Gasteiger partial charge in [0.1, 0.15) is 11.0 Å². The van der Waals surface area contributed by atoms with E-state index in [1.165, 1.54) is 4.90 Å². The Kier molecular flexibility index (Phi) is 3.66. The minimum Gasteiger partial charge on any atom is -0.481 e. The van der Waals surface area contributed by atoms with Crippen molar-refractivity contribution in [2.45, 2.75) is 32.8 Å². The maximum atomic E-state index is 11.6. The Morgan fingerprint density at radius 1 is 1.41 bits per heavy atom. The molecule has 0 radical (unpaired) electrons. The van der Waals surface area contributed by atoms with Gasteiger partial charge >= 0.3 is 12.1 Å². The topological polar surface area (TPSA) is 92.9 Å². The fourth-order valence-electron chi connectivity index (χ4n) is 1.82. The molecule has 0 bridgehead atoms. The van der Waals surface area contributed by atoms with Gasteiger partial charge in [-0.3, -0.25) is 4.79 Å². The Hall–Kier alpha value is -1.30. The second-order valence-electron chi connectivity index (χ2n) is 5.46. The maximum Gasteiger partial charge on any atom is 0.410 e. The maximum absolute atomic E-state index is 11.6. The van der Waals surface area contributed by atoms with E-state index in [-0.39, 0.29) is 13.1 Å². The fourth-order valence-corrected chi connectivity index (χ4v) is 1.82. The van der Waals surface area contributed by atoms with Gasteiger partial charge in [0.2, 0.25) is 0 Å². The molecule has 1 fully saturated rings. The number of rotatable bonds is 3. The van der Waals surface area contributed by atoms with Crippen LogP contribution in [0.1, 0.15) is 27.2 Å². The summed E-state index contributed by atoms with van der Waals surface area (Å²) < 4.78 is 5.16. The molecule has 0 aliphatic carbocycles. The Bertz CT molecular complexity index is 316. The lowest BCUT2D eigenvalue weighted by molar-refractivity contribution is -0.159. The predicted molar refractivity (Wildman–Crippen MR) is 61.5 cm³/mol. The van der Waals surface area contributed by atoms with Gasteiger partial charge in [-0.1, -0.05) is 0 Å². The van der Waals surface area contributed by atoms with E-state index < -0.39 is 23.1 Å². The molecule has 1 rings (SSSR count). The highest BCUT2D eigenvalue weighted by Gasteiger charge is 2.51. The SMILES string of the molecule is CC(C)(C)OC(=O)N1CC(CCN)(C(=O)O)C1. The molecule has 1 aliphatic heterocycles. The summed E-state index contributed by atoms with van der Waals surface area (Å²) in [5, 5.41) is 9.11. The molecule has 1 amide bonds. The second kappa shape index (κ2) is 4.52. The number of likely N-dealkylation sites (tertiary alicyclic amines) is 1.